The Labute approximate surface area is 141 Å². The number of carbonyl (C=O) groups excluding carboxylic acids is 1. The molecule has 3 nitrogen and oxygen atoms in total. The van der Waals surface area contributed by atoms with Crippen LogP contribution in [0.15, 0.2) is 54.6 Å². The van der Waals surface area contributed by atoms with Crippen molar-refractivity contribution in [3.8, 4) is 0 Å². The Morgan fingerprint density at radius 1 is 1.13 bits per heavy atom. The Morgan fingerprint density at radius 2 is 1.78 bits per heavy atom. The quantitative estimate of drug-likeness (QED) is 0.854. The fourth-order valence-electron chi connectivity index (χ4n) is 2.88. The minimum Gasteiger partial charge on any atom is -0.383 e. The van der Waals surface area contributed by atoms with Crippen LogP contribution >= 0.6 is 11.6 Å². The van der Waals surface area contributed by atoms with Crippen LogP contribution in [0.5, 0.6) is 0 Å². The van der Waals surface area contributed by atoms with E-state index in [0.717, 1.165) is 24.0 Å². The highest BCUT2D eigenvalue weighted by molar-refractivity contribution is 6.31. The summed E-state index contributed by atoms with van der Waals surface area (Å²) >= 11 is 6.09. The summed E-state index contributed by atoms with van der Waals surface area (Å²) in [5, 5.41) is 14.5. The molecule has 0 saturated heterocycles. The zero-order valence-corrected chi connectivity index (χ0v) is 13.6. The maximum Gasteiger partial charge on any atom is 0.224 e. The highest BCUT2D eigenvalue weighted by atomic mass is 35.5. The fraction of sp³-hybridized carbons (Fsp3) is 0.316. The van der Waals surface area contributed by atoms with Crippen molar-refractivity contribution in [1.29, 1.82) is 0 Å². The van der Waals surface area contributed by atoms with Crippen LogP contribution in [0.2, 0.25) is 5.02 Å². The predicted octanol–water partition coefficient (Wildman–Crippen LogP) is 3.30. The van der Waals surface area contributed by atoms with Crippen LogP contribution in [-0.4, -0.2) is 17.6 Å². The minimum absolute atomic E-state index is 0.131. The molecule has 1 aliphatic rings. The largest absolute Gasteiger partial charge is 0.383 e. The average molecular weight is 330 g/mol. The minimum atomic E-state index is -0.989. The number of nitrogens with one attached hydrogen (secondary N) is 1. The van der Waals surface area contributed by atoms with Crippen LogP contribution in [0.4, 0.5) is 0 Å². The van der Waals surface area contributed by atoms with E-state index in [1.54, 1.807) is 6.07 Å². The van der Waals surface area contributed by atoms with Gasteiger partial charge < -0.3 is 10.4 Å². The van der Waals surface area contributed by atoms with Crippen LogP contribution in [0.1, 0.15) is 24.0 Å². The smallest absolute Gasteiger partial charge is 0.224 e. The summed E-state index contributed by atoms with van der Waals surface area (Å²) in [4.78, 5) is 12.2. The molecule has 1 amide bonds. The third kappa shape index (κ3) is 3.74. The van der Waals surface area contributed by atoms with E-state index in [1.165, 1.54) is 0 Å². The molecular weight excluding hydrogens is 310 g/mol. The zero-order valence-electron chi connectivity index (χ0n) is 12.8. The van der Waals surface area contributed by atoms with Gasteiger partial charge in [-0.25, -0.2) is 0 Å². The van der Waals surface area contributed by atoms with Crippen molar-refractivity contribution in [2.75, 3.05) is 6.54 Å². The summed E-state index contributed by atoms with van der Waals surface area (Å²) in [7, 11) is 0. The summed E-state index contributed by atoms with van der Waals surface area (Å²) in [5.41, 5.74) is 0.666. The summed E-state index contributed by atoms with van der Waals surface area (Å²) in [5.74, 6) is 0.0821. The molecule has 120 valence electrons. The van der Waals surface area contributed by atoms with Gasteiger partial charge in [-0.3, -0.25) is 4.79 Å². The third-order valence-electron chi connectivity index (χ3n) is 4.39. The van der Waals surface area contributed by atoms with E-state index in [1.807, 2.05) is 48.5 Å². The standard InChI is InChI=1S/C19H20ClNO2/c20-17-9-5-4-6-14(17)12-18(22)21-13-19(23,16-10-11-16)15-7-2-1-3-8-15/h1-9,16,23H,10-13H2,(H,21,22)/t19-/m0/s1. The van der Waals surface area contributed by atoms with Crippen LogP contribution in [-0.2, 0) is 16.8 Å². The Hall–Kier alpha value is -1.84. The number of halogens is 1. The van der Waals surface area contributed by atoms with Gasteiger partial charge in [-0.05, 0) is 36.0 Å². The Kier molecular flexibility index (Phi) is 4.69. The molecule has 1 saturated carbocycles. The maximum absolute atomic E-state index is 12.2. The first kappa shape index (κ1) is 16.0. The molecule has 4 heteroatoms. The topological polar surface area (TPSA) is 49.3 Å². The molecule has 1 aliphatic carbocycles. The van der Waals surface area contributed by atoms with Crippen molar-refractivity contribution in [3.05, 3.63) is 70.7 Å². The van der Waals surface area contributed by atoms with Gasteiger partial charge in [0.25, 0.3) is 0 Å². The van der Waals surface area contributed by atoms with Gasteiger partial charge in [0.15, 0.2) is 0 Å². The molecule has 2 aromatic carbocycles. The van der Waals surface area contributed by atoms with Crippen molar-refractivity contribution < 1.29 is 9.90 Å². The van der Waals surface area contributed by atoms with Crippen LogP contribution in [0.25, 0.3) is 0 Å². The molecule has 0 aromatic heterocycles. The van der Waals surface area contributed by atoms with Gasteiger partial charge in [-0.2, -0.15) is 0 Å². The van der Waals surface area contributed by atoms with Crippen molar-refractivity contribution in [2.45, 2.75) is 24.9 Å². The molecule has 1 atom stereocenters. The first-order valence-electron chi connectivity index (χ1n) is 7.87. The molecular formula is C19H20ClNO2. The molecule has 0 aliphatic heterocycles. The van der Waals surface area contributed by atoms with E-state index in [9.17, 15) is 9.90 Å². The number of amides is 1. The zero-order chi connectivity index (χ0) is 16.3. The van der Waals surface area contributed by atoms with Crippen molar-refractivity contribution >= 4 is 17.5 Å². The van der Waals surface area contributed by atoms with E-state index in [2.05, 4.69) is 5.32 Å². The summed E-state index contributed by atoms with van der Waals surface area (Å²) in [6.07, 6.45) is 2.20. The monoisotopic (exact) mass is 329 g/mol. The van der Waals surface area contributed by atoms with E-state index in [0.29, 0.717) is 5.02 Å². The number of hydrogen-bond donors (Lipinski definition) is 2. The van der Waals surface area contributed by atoms with Gasteiger partial charge in [0.2, 0.25) is 5.91 Å². The SMILES string of the molecule is O=C(Cc1ccccc1Cl)NC[C@](O)(c1ccccc1)C1CC1. The number of carbonyl (C=O) groups is 1. The number of rotatable bonds is 6. The fourth-order valence-corrected chi connectivity index (χ4v) is 3.08. The maximum atomic E-state index is 12.2. The third-order valence-corrected chi connectivity index (χ3v) is 4.76. The van der Waals surface area contributed by atoms with Gasteiger partial charge in [0, 0.05) is 5.02 Å². The van der Waals surface area contributed by atoms with Crippen LogP contribution in [0.3, 0.4) is 0 Å². The average Bonchev–Trinajstić information content (AvgIpc) is 3.41. The highest BCUT2D eigenvalue weighted by Crippen LogP contribution is 2.45. The molecule has 0 spiro atoms. The Bertz CT molecular complexity index is 685. The number of hydrogen-bond acceptors (Lipinski definition) is 2. The summed E-state index contributed by atoms with van der Waals surface area (Å²) < 4.78 is 0. The summed E-state index contributed by atoms with van der Waals surface area (Å²) in [6, 6.07) is 16.9. The van der Waals surface area contributed by atoms with Crippen molar-refractivity contribution in [2.24, 2.45) is 5.92 Å². The molecule has 0 heterocycles. The van der Waals surface area contributed by atoms with Gasteiger partial charge in [-0.1, -0.05) is 60.1 Å². The lowest BCUT2D eigenvalue weighted by Gasteiger charge is -2.29. The van der Waals surface area contributed by atoms with Gasteiger partial charge in [-0.15, -0.1) is 0 Å². The summed E-state index contributed by atoms with van der Waals surface area (Å²) in [6.45, 7) is 0.227. The molecule has 1 fully saturated rings. The van der Waals surface area contributed by atoms with Crippen molar-refractivity contribution in [3.63, 3.8) is 0 Å². The normalized spacial score (nSPS) is 16.6. The lowest BCUT2D eigenvalue weighted by atomic mass is 9.88. The molecule has 3 rings (SSSR count). The first-order valence-corrected chi connectivity index (χ1v) is 8.25. The van der Waals surface area contributed by atoms with E-state index in [-0.39, 0.29) is 24.8 Å². The molecule has 23 heavy (non-hydrogen) atoms. The number of aliphatic hydroxyl groups is 1. The van der Waals surface area contributed by atoms with Gasteiger partial charge >= 0.3 is 0 Å². The highest BCUT2D eigenvalue weighted by Gasteiger charge is 2.45. The lowest BCUT2D eigenvalue weighted by molar-refractivity contribution is -0.122. The van der Waals surface area contributed by atoms with E-state index < -0.39 is 5.60 Å². The van der Waals surface area contributed by atoms with Gasteiger partial charge in [0.05, 0.1) is 13.0 Å². The molecule has 2 aromatic rings. The van der Waals surface area contributed by atoms with Gasteiger partial charge in [0.1, 0.15) is 5.60 Å². The second-order valence-electron chi connectivity index (χ2n) is 6.11. The molecule has 2 N–H and O–H groups in total. The molecule has 0 bridgehead atoms. The Balaban J connectivity index is 1.66. The van der Waals surface area contributed by atoms with E-state index in [4.69, 9.17) is 11.6 Å². The first-order chi connectivity index (χ1) is 11.1. The Morgan fingerprint density at radius 3 is 2.43 bits per heavy atom. The second-order valence-corrected chi connectivity index (χ2v) is 6.52. The molecule has 0 radical (unpaired) electrons. The van der Waals surface area contributed by atoms with Crippen LogP contribution in [0, 0.1) is 5.92 Å². The van der Waals surface area contributed by atoms with Crippen LogP contribution < -0.4 is 5.32 Å². The van der Waals surface area contributed by atoms with E-state index >= 15 is 0 Å². The van der Waals surface area contributed by atoms with Crippen molar-refractivity contribution in [1.82, 2.24) is 5.32 Å². The predicted molar refractivity (Wildman–Crippen MR) is 91.2 cm³/mol. The lowest BCUT2D eigenvalue weighted by Crippen LogP contribution is -2.43. The second kappa shape index (κ2) is 6.73. The molecule has 0 unspecified atom stereocenters. The number of benzene rings is 2.